The van der Waals surface area contributed by atoms with Crippen LogP contribution in [0.15, 0.2) is 18.2 Å². The highest BCUT2D eigenvalue weighted by atomic mass is 16.5. The number of benzene rings is 1. The smallest absolute Gasteiger partial charge is 0.262 e. The number of rotatable bonds is 9. The second-order valence-corrected chi connectivity index (χ2v) is 6.61. The first-order valence-corrected chi connectivity index (χ1v) is 9.29. The van der Waals surface area contributed by atoms with Gasteiger partial charge >= 0.3 is 0 Å². The van der Waals surface area contributed by atoms with Crippen molar-refractivity contribution in [1.82, 2.24) is 10.2 Å². The second-order valence-electron chi connectivity index (χ2n) is 6.61. The maximum Gasteiger partial charge on any atom is 0.262 e. The number of ether oxygens (including phenoxy) is 2. The van der Waals surface area contributed by atoms with Crippen LogP contribution < -0.4 is 15.8 Å². The minimum absolute atomic E-state index is 0.0888. The summed E-state index contributed by atoms with van der Waals surface area (Å²) in [5, 5.41) is 2.17. The average Bonchev–Trinajstić information content (AvgIpc) is 2.92. The van der Waals surface area contributed by atoms with E-state index in [0.717, 1.165) is 11.3 Å². The maximum atomic E-state index is 12.7. The van der Waals surface area contributed by atoms with Crippen LogP contribution in [0.1, 0.15) is 46.4 Å². The standard InChI is InChI=1S/C19H23N3O6/c20-7-1-8-27-9-2-10-28-12-3-4-13-14(11-12)19(26)22(18(13)25)15-5-6-16(23)21-17(15)24/h3-4,11,15H,1-2,5-10,20H2,(H,21,23,24). The fraction of sp³-hybridized carbons (Fsp3) is 0.474. The number of fused-ring (bicyclic) bond motifs is 1. The van der Waals surface area contributed by atoms with E-state index in [-0.39, 0.29) is 24.0 Å². The Morgan fingerprint density at radius 3 is 2.54 bits per heavy atom. The molecule has 0 bridgehead atoms. The molecular weight excluding hydrogens is 366 g/mol. The molecule has 1 fully saturated rings. The van der Waals surface area contributed by atoms with Gasteiger partial charge in [-0.05, 0) is 37.6 Å². The van der Waals surface area contributed by atoms with Crippen LogP contribution in [0.2, 0.25) is 0 Å². The molecule has 150 valence electrons. The zero-order chi connectivity index (χ0) is 20.1. The van der Waals surface area contributed by atoms with Crippen LogP contribution in [-0.2, 0) is 14.3 Å². The van der Waals surface area contributed by atoms with Crippen molar-refractivity contribution in [2.75, 3.05) is 26.4 Å². The summed E-state index contributed by atoms with van der Waals surface area (Å²) in [6.45, 7) is 2.16. The monoisotopic (exact) mass is 389 g/mol. The van der Waals surface area contributed by atoms with Gasteiger partial charge in [0.15, 0.2) is 0 Å². The fourth-order valence-electron chi connectivity index (χ4n) is 3.18. The Balaban J connectivity index is 1.60. The zero-order valence-corrected chi connectivity index (χ0v) is 15.4. The van der Waals surface area contributed by atoms with Gasteiger partial charge in [0, 0.05) is 26.1 Å². The molecule has 0 aromatic heterocycles. The van der Waals surface area contributed by atoms with Crippen LogP contribution in [0, 0.1) is 0 Å². The summed E-state index contributed by atoms with van der Waals surface area (Å²) in [6, 6.07) is 3.68. The van der Waals surface area contributed by atoms with Gasteiger partial charge in [0.05, 0.1) is 17.7 Å². The van der Waals surface area contributed by atoms with Gasteiger partial charge in [-0.3, -0.25) is 29.4 Å². The molecule has 2 heterocycles. The van der Waals surface area contributed by atoms with Gasteiger partial charge in [-0.2, -0.15) is 0 Å². The lowest BCUT2D eigenvalue weighted by Crippen LogP contribution is -2.54. The number of nitrogens with two attached hydrogens (primary N) is 1. The zero-order valence-electron chi connectivity index (χ0n) is 15.4. The molecule has 2 aliphatic rings. The van der Waals surface area contributed by atoms with Crippen LogP contribution in [0.4, 0.5) is 0 Å². The van der Waals surface area contributed by atoms with E-state index in [0.29, 0.717) is 38.5 Å². The summed E-state index contributed by atoms with van der Waals surface area (Å²) >= 11 is 0. The lowest BCUT2D eigenvalue weighted by Gasteiger charge is -2.27. The van der Waals surface area contributed by atoms with E-state index in [9.17, 15) is 19.2 Å². The normalized spacial score (nSPS) is 19.0. The summed E-state index contributed by atoms with van der Waals surface area (Å²) < 4.78 is 11.0. The highest BCUT2D eigenvalue weighted by Gasteiger charge is 2.44. The first-order valence-electron chi connectivity index (χ1n) is 9.29. The van der Waals surface area contributed by atoms with Gasteiger partial charge in [0.1, 0.15) is 11.8 Å². The molecule has 1 unspecified atom stereocenters. The van der Waals surface area contributed by atoms with E-state index in [1.54, 1.807) is 6.07 Å². The molecule has 0 aliphatic carbocycles. The van der Waals surface area contributed by atoms with Crippen LogP contribution in [0.25, 0.3) is 0 Å². The lowest BCUT2D eigenvalue weighted by molar-refractivity contribution is -0.136. The number of hydrogen-bond donors (Lipinski definition) is 2. The second kappa shape index (κ2) is 8.94. The number of amides is 4. The average molecular weight is 389 g/mol. The van der Waals surface area contributed by atoms with Crippen molar-refractivity contribution in [3.8, 4) is 5.75 Å². The molecule has 9 heteroatoms. The molecule has 28 heavy (non-hydrogen) atoms. The van der Waals surface area contributed by atoms with E-state index in [1.165, 1.54) is 12.1 Å². The van der Waals surface area contributed by atoms with Crippen LogP contribution in [0.5, 0.6) is 5.75 Å². The molecule has 1 atom stereocenters. The van der Waals surface area contributed by atoms with Crippen molar-refractivity contribution in [3.63, 3.8) is 0 Å². The van der Waals surface area contributed by atoms with E-state index >= 15 is 0 Å². The number of nitrogens with zero attached hydrogens (tertiary/aromatic N) is 1. The summed E-state index contributed by atoms with van der Waals surface area (Å²) in [5.41, 5.74) is 5.81. The number of imide groups is 2. The van der Waals surface area contributed by atoms with E-state index < -0.39 is 29.7 Å². The van der Waals surface area contributed by atoms with E-state index in [1.807, 2.05) is 0 Å². The summed E-state index contributed by atoms with van der Waals surface area (Å²) in [6.07, 6.45) is 1.71. The molecule has 0 spiro atoms. The first-order chi connectivity index (χ1) is 13.5. The quantitative estimate of drug-likeness (QED) is 0.457. The van der Waals surface area contributed by atoms with Gasteiger partial charge in [-0.1, -0.05) is 0 Å². The summed E-state index contributed by atoms with van der Waals surface area (Å²) in [4.78, 5) is 49.6. The molecule has 0 saturated carbocycles. The van der Waals surface area contributed by atoms with Gasteiger partial charge in [0.25, 0.3) is 11.8 Å². The number of carbonyl (C=O) groups is 4. The van der Waals surface area contributed by atoms with Crippen molar-refractivity contribution in [1.29, 1.82) is 0 Å². The van der Waals surface area contributed by atoms with Gasteiger partial charge in [0.2, 0.25) is 11.8 Å². The topological polar surface area (TPSA) is 128 Å². The molecular formula is C19H23N3O6. The summed E-state index contributed by atoms with van der Waals surface area (Å²) in [7, 11) is 0. The van der Waals surface area contributed by atoms with Crippen LogP contribution in [-0.4, -0.2) is 60.9 Å². The third-order valence-electron chi connectivity index (χ3n) is 4.61. The molecule has 1 saturated heterocycles. The Morgan fingerprint density at radius 2 is 1.79 bits per heavy atom. The van der Waals surface area contributed by atoms with Crippen LogP contribution >= 0.6 is 0 Å². The van der Waals surface area contributed by atoms with Crippen molar-refractivity contribution in [2.45, 2.75) is 31.7 Å². The molecule has 1 aromatic carbocycles. The Hall–Kier alpha value is -2.78. The number of carbonyl (C=O) groups excluding carboxylic acids is 4. The number of hydrogen-bond acceptors (Lipinski definition) is 7. The van der Waals surface area contributed by atoms with Crippen molar-refractivity contribution in [3.05, 3.63) is 29.3 Å². The minimum atomic E-state index is -0.972. The van der Waals surface area contributed by atoms with Crippen molar-refractivity contribution >= 4 is 23.6 Å². The highest BCUT2D eigenvalue weighted by molar-refractivity contribution is 6.23. The minimum Gasteiger partial charge on any atom is -0.493 e. The maximum absolute atomic E-state index is 12.7. The molecule has 0 radical (unpaired) electrons. The largest absolute Gasteiger partial charge is 0.493 e. The number of nitrogens with one attached hydrogen (secondary N) is 1. The molecule has 4 amide bonds. The predicted molar refractivity (Wildman–Crippen MR) is 97.7 cm³/mol. The van der Waals surface area contributed by atoms with Crippen LogP contribution in [0.3, 0.4) is 0 Å². The third-order valence-corrected chi connectivity index (χ3v) is 4.61. The van der Waals surface area contributed by atoms with Crippen molar-refractivity contribution in [2.24, 2.45) is 5.73 Å². The highest BCUT2D eigenvalue weighted by Crippen LogP contribution is 2.30. The summed E-state index contributed by atoms with van der Waals surface area (Å²) in [5.74, 6) is -1.65. The fourth-order valence-corrected chi connectivity index (χ4v) is 3.18. The van der Waals surface area contributed by atoms with Gasteiger partial charge in [-0.25, -0.2) is 0 Å². The van der Waals surface area contributed by atoms with E-state index in [2.05, 4.69) is 5.32 Å². The lowest BCUT2D eigenvalue weighted by atomic mass is 10.0. The van der Waals surface area contributed by atoms with Crippen molar-refractivity contribution < 1.29 is 28.7 Å². The Labute approximate surface area is 162 Å². The Kier molecular flexibility index (Phi) is 6.37. The SMILES string of the molecule is NCCCOCCCOc1ccc2c(c1)C(=O)N(C1CCC(=O)NC1=O)C2=O. The Bertz CT molecular complexity index is 794. The first kappa shape index (κ1) is 20.0. The van der Waals surface area contributed by atoms with E-state index in [4.69, 9.17) is 15.2 Å². The number of piperidine rings is 1. The Morgan fingerprint density at radius 1 is 1.04 bits per heavy atom. The third kappa shape index (κ3) is 4.20. The molecule has 9 nitrogen and oxygen atoms in total. The molecule has 3 rings (SSSR count). The molecule has 2 aliphatic heterocycles. The molecule has 3 N–H and O–H groups in total. The molecule has 1 aromatic rings. The van der Waals surface area contributed by atoms with Gasteiger partial charge < -0.3 is 15.2 Å². The van der Waals surface area contributed by atoms with Gasteiger partial charge in [-0.15, -0.1) is 0 Å². The predicted octanol–water partition coefficient (Wildman–Crippen LogP) is 0.222.